The fraction of sp³-hybridized carbons (Fsp3) is 0.857. The first-order valence-electron chi connectivity index (χ1n) is 7.13. The van der Waals surface area contributed by atoms with Crippen LogP contribution in [0, 0.1) is 11.8 Å². The highest BCUT2D eigenvalue weighted by atomic mass is 16.5. The van der Waals surface area contributed by atoms with Crippen LogP contribution in [-0.4, -0.2) is 47.2 Å². The number of fused-ring (bicyclic) bond motifs is 2. The highest BCUT2D eigenvalue weighted by Crippen LogP contribution is 2.39. The van der Waals surface area contributed by atoms with Gasteiger partial charge < -0.3 is 14.7 Å². The van der Waals surface area contributed by atoms with Crippen LogP contribution in [0.3, 0.4) is 0 Å². The first kappa shape index (κ1) is 14.3. The summed E-state index contributed by atoms with van der Waals surface area (Å²) in [7, 11) is 0. The normalized spacial score (nSPS) is 28.9. The fourth-order valence-corrected chi connectivity index (χ4v) is 3.10. The van der Waals surface area contributed by atoms with Crippen molar-refractivity contribution in [1.82, 2.24) is 4.90 Å². The fourth-order valence-electron chi connectivity index (χ4n) is 3.10. The topological polar surface area (TPSA) is 66.8 Å². The number of carboxylic acids is 1. The van der Waals surface area contributed by atoms with Crippen molar-refractivity contribution in [2.45, 2.75) is 51.7 Å². The van der Waals surface area contributed by atoms with Crippen LogP contribution in [0.1, 0.15) is 39.5 Å². The Bertz CT molecular complexity index is 355. The van der Waals surface area contributed by atoms with Crippen molar-refractivity contribution < 1.29 is 19.4 Å². The molecule has 2 aliphatic heterocycles. The molecule has 3 unspecified atom stereocenters. The second-order valence-corrected chi connectivity index (χ2v) is 6.04. The molecule has 19 heavy (non-hydrogen) atoms. The number of ether oxygens (including phenoxy) is 1. The molecule has 0 spiro atoms. The van der Waals surface area contributed by atoms with Crippen molar-refractivity contribution in [3.05, 3.63) is 0 Å². The maximum Gasteiger partial charge on any atom is 0.305 e. The maximum atomic E-state index is 12.5. The van der Waals surface area contributed by atoms with Crippen LogP contribution in [0.4, 0.5) is 0 Å². The number of amides is 1. The lowest BCUT2D eigenvalue weighted by Crippen LogP contribution is -2.42. The van der Waals surface area contributed by atoms with E-state index in [9.17, 15) is 9.59 Å². The van der Waals surface area contributed by atoms with E-state index in [-0.39, 0.29) is 30.5 Å². The minimum absolute atomic E-state index is 0.0140. The van der Waals surface area contributed by atoms with Gasteiger partial charge in [0.25, 0.3) is 0 Å². The van der Waals surface area contributed by atoms with Crippen molar-refractivity contribution in [2.24, 2.45) is 11.8 Å². The van der Waals surface area contributed by atoms with Crippen LogP contribution >= 0.6 is 0 Å². The van der Waals surface area contributed by atoms with E-state index in [4.69, 9.17) is 9.84 Å². The molecule has 1 N–H and O–H groups in total. The van der Waals surface area contributed by atoms with Gasteiger partial charge in [0.2, 0.25) is 5.91 Å². The standard InChI is InChI=1S/C14H23NO4/c1-9(2)8-15(6-5-13(16)17)14(18)11-7-10-3-4-12(11)19-10/h9-12H,3-8H2,1-2H3,(H,16,17). The van der Waals surface area contributed by atoms with Crippen molar-refractivity contribution in [1.29, 1.82) is 0 Å². The van der Waals surface area contributed by atoms with E-state index in [0.717, 1.165) is 19.3 Å². The molecule has 2 heterocycles. The number of nitrogens with zero attached hydrogens (tertiary/aromatic N) is 1. The average Bonchev–Trinajstić information content (AvgIpc) is 2.95. The second kappa shape index (κ2) is 5.90. The summed E-state index contributed by atoms with van der Waals surface area (Å²) in [5.41, 5.74) is 0. The summed E-state index contributed by atoms with van der Waals surface area (Å²) in [5, 5.41) is 8.79. The van der Waals surface area contributed by atoms with Gasteiger partial charge in [-0.2, -0.15) is 0 Å². The molecule has 0 radical (unpaired) electrons. The summed E-state index contributed by atoms with van der Waals surface area (Å²) in [6, 6.07) is 0. The number of carboxylic acid groups (broad SMARTS) is 1. The summed E-state index contributed by atoms with van der Waals surface area (Å²) in [5.74, 6) is -0.476. The minimum Gasteiger partial charge on any atom is -0.481 e. The van der Waals surface area contributed by atoms with E-state index in [1.807, 2.05) is 13.8 Å². The molecular formula is C14H23NO4. The number of hydrogen-bond donors (Lipinski definition) is 1. The highest BCUT2D eigenvalue weighted by molar-refractivity contribution is 5.80. The molecule has 2 fully saturated rings. The van der Waals surface area contributed by atoms with Gasteiger partial charge in [-0.25, -0.2) is 0 Å². The second-order valence-electron chi connectivity index (χ2n) is 6.04. The van der Waals surface area contributed by atoms with E-state index >= 15 is 0 Å². The lowest BCUT2D eigenvalue weighted by Gasteiger charge is -2.29. The van der Waals surface area contributed by atoms with Crippen LogP contribution in [-0.2, 0) is 14.3 Å². The molecule has 2 saturated heterocycles. The Hall–Kier alpha value is -1.10. The molecule has 2 aliphatic rings. The summed E-state index contributed by atoms with van der Waals surface area (Å²) < 4.78 is 5.72. The molecule has 3 atom stereocenters. The van der Waals surface area contributed by atoms with Gasteiger partial charge in [0, 0.05) is 13.1 Å². The third kappa shape index (κ3) is 3.47. The molecule has 0 aromatic carbocycles. The lowest BCUT2D eigenvalue weighted by atomic mass is 9.88. The first-order chi connectivity index (χ1) is 8.97. The molecule has 2 bridgehead atoms. The molecule has 0 aliphatic carbocycles. The summed E-state index contributed by atoms with van der Waals surface area (Å²) in [6.45, 7) is 5.01. The van der Waals surface area contributed by atoms with Gasteiger partial charge in [-0.3, -0.25) is 9.59 Å². The molecule has 0 saturated carbocycles. The van der Waals surface area contributed by atoms with E-state index < -0.39 is 5.97 Å². The zero-order valence-corrected chi connectivity index (χ0v) is 11.7. The Morgan fingerprint density at radius 1 is 1.37 bits per heavy atom. The Kier molecular flexibility index (Phi) is 4.45. The quantitative estimate of drug-likeness (QED) is 0.793. The molecule has 5 heteroatoms. The van der Waals surface area contributed by atoms with Gasteiger partial charge in [-0.15, -0.1) is 0 Å². The van der Waals surface area contributed by atoms with Gasteiger partial charge in [0.05, 0.1) is 24.5 Å². The smallest absolute Gasteiger partial charge is 0.305 e. The van der Waals surface area contributed by atoms with Crippen molar-refractivity contribution in [2.75, 3.05) is 13.1 Å². The predicted molar refractivity (Wildman–Crippen MR) is 69.7 cm³/mol. The number of carbonyl (C=O) groups is 2. The van der Waals surface area contributed by atoms with Crippen LogP contribution < -0.4 is 0 Å². The van der Waals surface area contributed by atoms with E-state index in [1.165, 1.54) is 0 Å². The van der Waals surface area contributed by atoms with Gasteiger partial charge >= 0.3 is 5.97 Å². The van der Waals surface area contributed by atoms with Gasteiger partial charge in [-0.1, -0.05) is 13.8 Å². The zero-order valence-electron chi connectivity index (χ0n) is 11.7. The van der Waals surface area contributed by atoms with E-state index in [0.29, 0.717) is 19.0 Å². The van der Waals surface area contributed by atoms with Crippen LogP contribution in [0.25, 0.3) is 0 Å². The minimum atomic E-state index is -0.856. The van der Waals surface area contributed by atoms with Gasteiger partial charge in [-0.05, 0) is 25.2 Å². The molecule has 0 aromatic heterocycles. The highest BCUT2D eigenvalue weighted by Gasteiger charge is 2.45. The zero-order chi connectivity index (χ0) is 14.0. The van der Waals surface area contributed by atoms with Gasteiger partial charge in [0.1, 0.15) is 0 Å². The van der Waals surface area contributed by atoms with E-state index in [2.05, 4.69) is 0 Å². The SMILES string of the molecule is CC(C)CN(CCC(=O)O)C(=O)C1CC2CCC1O2. The predicted octanol–water partition coefficient (Wildman–Crippen LogP) is 1.51. The first-order valence-corrected chi connectivity index (χ1v) is 7.13. The Labute approximate surface area is 113 Å². The molecule has 5 nitrogen and oxygen atoms in total. The van der Waals surface area contributed by atoms with Crippen LogP contribution in [0.15, 0.2) is 0 Å². The summed E-state index contributed by atoms with van der Waals surface area (Å²) in [6.07, 6.45) is 3.17. The number of aliphatic carboxylic acids is 1. The lowest BCUT2D eigenvalue weighted by molar-refractivity contribution is -0.140. The van der Waals surface area contributed by atoms with Crippen LogP contribution in [0.5, 0.6) is 0 Å². The Balaban J connectivity index is 1.96. The van der Waals surface area contributed by atoms with E-state index in [1.54, 1.807) is 4.90 Å². The number of hydrogen-bond acceptors (Lipinski definition) is 3. The average molecular weight is 269 g/mol. The molecule has 0 aromatic rings. The third-order valence-corrected chi connectivity index (χ3v) is 3.92. The maximum absolute atomic E-state index is 12.5. The third-order valence-electron chi connectivity index (χ3n) is 3.92. The monoisotopic (exact) mass is 269 g/mol. The largest absolute Gasteiger partial charge is 0.481 e. The summed E-state index contributed by atoms with van der Waals surface area (Å²) in [4.78, 5) is 25.0. The van der Waals surface area contributed by atoms with Crippen molar-refractivity contribution in [3.63, 3.8) is 0 Å². The Morgan fingerprint density at radius 3 is 2.58 bits per heavy atom. The Morgan fingerprint density at radius 2 is 2.11 bits per heavy atom. The van der Waals surface area contributed by atoms with Crippen molar-refractivity contribution in [3.8, 4) is 0 Å². The molecule has 108 valence electrons. The number of carbonyl (C=O) groups excluding carboxylic acids is 1. The van der Waals surface area contributed by atoms with Crippen molar-refractivity contribution >= 4 is 11.9 Å². The molecule has 1 amide bonds. The molecule has 2 rings (SSSR count). The van der Waals surface area contributed by atoms with Gasteiger partial charge in [0.15, 0.2) is 0 Å². The molecular weight excluding hydrogens is 246 g/mol. The summed E-state index contributed by atoms with van der Waals surface area (Å²) >= 11 is 0. The number of rotatable bonds is 6. The van der Waals surface area contributed by atoms with Crippen LogP contribution in [0.2, 0.25) is 0 Å².